The van der Waals surface area contributed by atoms with Crippen molar-refractivity contribution in [3.63, 3.8) is 0 Å². The molecule has 13 heavy (non-hydrogen) atoms. The first-order valence-corrected chi connectivity index (χ1v) is 4.55. The van der Waals surface area contributed by atoms with E-state index >= 15 is 0 Å². The SMILES string of the molecule is ClCCOCC[n+]1ccccc1.[Cl-]. The number of ether oxygens (including phenoxy) is 1. The molecule has 0 unspecified atom stereocenters. The molecule has 0 N–H and O–H groups in total. The summed E-state index contributed by atoms with van der Waals surface area (Å²) in [5.74, 6) is 0.569. The molecular formula is C9H13Cl2NO. The second-order valence-corrected chi connectivity index (χ2v) is 2.79. The summed E-state index contributed by atoms with van der Waals surface area (Å²) in [6.07, 6.45) is 4.04. The Labute approximate surface area is 89.9 Å². The number of alkyl halides is 1. The third kappa shape index (κ3) is 5.86. The average Bonchev–Trinajstić information content (AvgIpc) is 2.14. The minimum atomic E-state index is 0. The summed E-state index contributed by atoms with van der Waals surface area (Å²) in [6, 6.07) is 6.00. The molecule has 1 aromatic heterocycles. The van der Waals surface area contributed by atoms with Gasteiger partial charge in [-0.15, -0.1) is 11.6 Å². The van der Waals surface area contributed by atoms with Crippen LogP contribution in [0.1, 0.15) is 0 Å². The highest BCUT2D eigenvalue weighted by Gasteiger charge is 1.95. The van der Waals surface area contributed by atoms with Crippen molar-refractivity contribution in [3.05, 3.63) is 30.6 Å². The fourth-order valence-corrected chi connectivity index (χ4v) is 1.02. The van der Waals surface area contributed by atoms with Crippen LogP contribution in [0, 0.1) is 0 Å². The minimum absolute atomic E-state index is 0. The van der Waals surface area contributed by atoms with Crippen LogP contribution < -0.4 is 17.0 Å². The first kappa shape index (κ1) is 12.7. The van der Waals surface area contributed by atoms with Gasteiger partial charge in [0.15, 0.2) is 18.9 Å². The second-order valence-electron chi connectivity index (χ2n) is 2.41. The van der Waals surface area contributed by atoms with E-state index in [0.717, 1.165) is 13.2 Å². The number of nitrogens with zero attached hydrogens (tertiary/aromatic N) is 1. The van der Waals surface area contributed by atoms with Crippen molar-refractivity contribution in [1.29, 1.82) is 0 Å². The van der Waals surface area contributed by atoms with Gasteiger partial charge in [0, 0.05) is 18.0 Å². The maximum absolute atomic E-state index is 5.45. The fraction of sp³-hybridized carbons (Fsp3) is 0.444. The lowest BCUT2D eigenvalue weighted by atomic mass is 10.5. The van der Waals surface area contributed by atoms with Crippen molar-refractivity contribution >= 4 is 11.6 Å². The summed E-state index contributed by atoms with van der Waals surface area (Å²) in [6.45, 7) is 2.24. The predicted molar refractivity (Wildman–Crippen MR) is 48.2 cm³/mol. The zero-order valence-electron chi connectivity index (χ0n) is 7.33. The van der Waals surface area contributed by atoms with Gasteiger partial charge in [0.25, 0.3) is 0 Å². The van der Waals surface area contributed by atoms with Crippen molar-refractivity contribution in [2.75, 3.05) is 19.1 Å². The van der Waals surface area contributed by atoms with Gasteiger partial charge in [-0.1, -0.05) is 6.07 Å². The second kappa shape index (κ2) is 8.30. The van der Waals surface area contributed by atoms with Crippen LogP contribution in [0.15, 0.2) is 30.6 Å². The Hall–Kier alpha value is -0.310. The molecule has 4 heteroatoms. The normalized spacial score (nSPS) is 9.31. The maximum Gasteiger partial charge on any atom is 0.171 e. The molecule has 0 radical (unpaired) electrons. The van der Waals surface area contributed by atoms with Crippen LogP contribution in [0.4, 0.5) is 0 Å². The van der Waals surface area contributed by atoms with E-state index in [9.17, 15) is 0 Å². The monoisotopic (exact) mass is 221 g/mol. The van der Waals surface area contributed by atoms with E-state index < -0.39 is 0 Å². The summed E-state index contributed by atoms with van der Waals surface area (Å²) < 4.78 is 7.31. The van der Waals surface area contributed by atoms with Gasteiger partial charge in [-0.25, -0.2) is 4.57 Å². The van der Waals surface area contributed by atoms with Crippen LogP contribution in [0.5, 0.6) is 0 Å². The summed E-state index contributed by atoms with van der Waals surface area (Å²) in [4.78, 5) is 0. The maximum atomic E-state index is 5.45. The lowest BCUT2D eigenvalue weighted by Gasteiger charge is -1.97. The zero-order chi connectivity index (χ0) is 8.65. The van der Waals surface area contributed by atoms with E-state index in [-0.39, 0.29) is 12.4 Å². The molecule has 1 rings (SSSR count). The highest BCUT2D eigenvalue weighted by atomic mass is 35.5. The van der Waals surface area contributed by atoms with Crippen LogP contribution in [0.3, 0.4) is 0 Å². The van der Waals surface area contributed by atoms with Gasteiger partial charge in [-0.2, -0.15) is 0 Å². The van der Waals surface area contributed by atoms with Crippen LogP contribution in [0.2, 0.25) is 0 Å². The van der Waals surface area contributed by atoms with E-state index in [2.05, 4.69) is 4.57 Å². The highest BCUT2D eigenvalue weighted by Crippen LogP contribution is 1.80. The summed E-state index contributed by atoms with van der Waals surface area (Å²) in [5, 5.41) is 0. The van der Waals surface area contributed by atoms with E-state index in [1.807, 2.05) is 30.6 Å². The Morgan fingerprint density at radius 3 is 2.38 bits per heavy atom. The van der Waals surface area contributed by atoms with Gasteiger partial charge in [0.05, 0.1) is 6.61 Å². The van der Waals surface area contributed by atoms with Crippen molar-refractivity contribution < 1.29 is 21.7 Å². The first-order valence-electron chi connectivity index (χ1n) is 4.01. The summed E-state index contributed by atoms with van der Waals surface area (Å²) in [7, 11) is 0. The van der Waals surface area contributed by atoms with Crippen molar-refractivity contribution in [2.45, 2.75) is 6.54 Å². The molecule has 74 valence electrons. The molecule has 1 heterocycles. The third-order valence-corrected chi connectivity index (χ3v) is 1.65. The Morgan fingerprint density at radius 2 is 1.77 bits per heavy atom. The van der Waals surface area contributed by atoms with Gasteiger partial charge in [0.1, 0.15) is 6.61 Å². The molecular weight excluding hydrogens is 209 g/mol. The molecule has 0 amide bonds. The van der Waals surface area contributed by atoms with Crippen molar-refractivity contribution in [2.24, 2.45) is 0 Å². The molecule has 0 aromatic carbocycles. The minimum Gasteiger partial charge on any atom is -1.00 e. The number of pyridine rings is 1. The topological polar surface area (TPSA) is 13.1 Å². The van der Waals surface area contributed by atoms with Crippen molar-refractivity contribution in [1.82, 2.24) is 0 Å². The molecule has 2 nitrogen and oxygen atoms in total. The van der Waals surface area contributed by atoms with Gasteiger partial charge < -0.3 is 17.1 Å². The van der Waals surface area contributed by atoms with Crippen LogP contribution >= 0.6 is 11.6 Å². The zero-order valence-corrected chi connectivity index (χ0v) is 8.84. The van der Waals surface area contributed by atoms with Gasteiger partial charge in [0.2, 0.25) is 0 Å². The summed E-state index contributed by atoms with van der Waals surface area (Å²) in [5.41, 5.74) is 0. The molecule has 0 spiro atoms. The van der Waals surface area contributed by atoms with E-state index in [4.69, 9.17) is 16.3 Å². The van der Waals surface area contributed by atoms with Gasteiger partial charge in [-0.3, -0.25) is 0 Å². The lowest BCUT2D eigenvalue weighted by Crippen LogP contribution is -3.00. The fourth-order valence-electron chi connectivity index (χ4n) is 0.910. The summed E-state index contributed by atoms with van der Waals surface area (Å²) >= 11 is 5.45. The van der Waals surface area contributed by atoms with E-state index in [1.54, 1.807) is 0 Å². The Balaban J connectivity index is 0.00000144. The molecule has 0 aliphatic carbocycles. The van der Waals surface area contributed by atoms with Crippen molar-refractivity contribution in [3.8, 4) is 0 Å². The molecule has 1 aromatic rings. The Morgan fingerprint density at radius 1 is 1.08 bits per heavy atom. The van der Waals surface area contributed by atoms with Crippen LogP contribution in [-0.2, 0) is 11.3 Å². The number of hydrogen-bond donors (Lipinski definition) is 0. The van der Waals surface area contributed by atoms with E-state index in [0.29, 0.717) is 12.5 Å². The number of halogens is 2. The lowest BCUT2D eigenvalue weighted by molar-refractivity contribution is -0.698. The Bertz CT molecular complexity index is 206. The standard InChI is InChI=1S/C9H13ClNO.ClH/c10-4-8-12-9-7-11-5-2-1-3-6-11;/h1-3,5-6H,4,7-9H2;1H/q+1;/p-1. The number of aromatic nitrogens is 1. The molecule has 0 fully saturated rings. The molecule has 0 saturated heterocycles. The van der Waals surface area contributed by atoms with Gasteiger partial charge in [-0.05, 0) is 0 Å². The van der Waals surface area contributed by atoms with Gasteiger partial charge >= 0.3 is 0 Å². The van der Waals surface area contributed by atoms with Crippen LogP contribution in [-0.4, -0.2) is 19.1 Å². The molecule has 0 saturated carbocycles. The number of hydrogen-bond acceptors (Lipinski definition) is 1. The van der Waals surface area contributed by atoms with Crippen LogP contribution in [0.25, 0.3) is 0 Å². The molecule has 0 aliphatic heterocycles. The van der Waals surface area contributed by atoms with E-state index in [1.165, 1.54) is 0 Å². The average molecular weight is 222 g/mol. The quantitative estimate of drug-likeness (QED) is 0.326. The smallest absolute Gasteiger partial charge is 0.171 e. The molecule has 0 atom stereocenters. The predicted octanol–water partition coefficient (Wildman–Crippen LogP) is -1.77. The number of rotatable bonds is 5. The largest absolute Gasteiger partial charge is 1.00 e. The molecule has 0 aliphatic rings. The third-order valence-electron chi connectivity index (χ3n) is 1.49. The molecule has 0 bridgehead atoms. The highest BCUT2D eigenvalue weighted by molar-refractivity contribution is 6.17. The Kier molecular flexibility index (Phi) is 8.10. The first-order chi connectivity index (χ1) is 5.93.